The molecule has 1 saturated heterocycles. The molecule has 4 unspecified atom stereocenters. The SMILES string of the molecule is CCCCCCCCCC(=O)C1C(C)OC(C)C1C. The maximum absolute atomic E-state index is 12.3. The zero-order valence-corrected chi connectivity index (χ0v) is 13.3. The number of hydrogen-bond acceptors (Lipinski definition) is 2. The van der Waals surface area contributed by atoms with Crippen molar-refractivity contribution in [1.29, 1.82) is 0 Å². The monoisotopic (exact) mass is 268 g/mol. The van der Waals surface area contributed by atoms with E-state index >= 15 is 0 Å². The molecule has 1 fully saturated rings. The fourth-order valence-electron chi connectivity index (χ4n) is 3.24. The summed E-state index contributed by atoms with van der Waals surface area (Å²) in [5.74, 6) is 0.944. The molecule has 1 aliphatic heterocycles. The summed E-state index contributed by atoms with van der Waals surface area (Å²) in [4.78, 5) is 12.3. The van der Waals surface area contributed by atoms with Crippen molar-refractivity contribution in [2.75, 3.05) is 0 Å². The van der Waals surface area contributed by atoms with Crippen LogP contribution in [-0.4, -0.2) is 18.0 Å². The van der Waals surface area contributed by atoms with Gasteiger partial charge in [0.2, 0.25) is 0 Å². The lowest BCUT2D eigenvalue weighted by atomic mass is 9.84. The third-order valence-corrected chi connectivity index (χ3v) is 4.64. The molecule has 0 aromatic carbocycles. The van der Waals surface area contributed by atoms with Crippen LogP contribution in [0, 0.1) is 11.8 Å². The Bertz CT molecular complexity index is 262. The minimum absolute atomic E-state index is 0.113. The Labute approximate surface area is 119 Å². The first-order valence-corrected chi connectivity index (χ1v) is 8.26. The summed E-state index contributed by atoms with van der Waals surface area (Å²) < 4.78 is 5.76. The fourth-order valence-corrected chi connectivity index (χ4v) is 3.24. The van der Waals surface area contributed by atoms with Crippen molar-refractivity contribution in [2.45, 2.75) is 91.3 Å². The first kappa shape index (κ1) is 16.7. The van der Waals surface area contributed by atoms with Gasteiger partial charge in [0.25, 0.3) is 0 Å². The first-order valence-electron chi connectivity index (χ1n) is 8.26. The molecule has 19 heavy (non-hydrogen) atoms. The number of carbonyl (C=O) groups excluding carboxylic acids is 1. The van der Waals surface area contributed by atoms with E-state index in [1.807, 2.05) is 6.92 Å². The molecule has 0 saturated carbocycles. The fraction of sp³-hybridized carbons (Fsp3) is 0.941. The maximum atomic E-state index is 12.3. The Balaban J connectivity index is 2.14. The van der Waals surface area contributed by atoms with Gasteiger partial charge in [0.05, 0.1) is 12.2 Å². The zero-order chi connectivity index (χ0) is 14.3. The molecule has 1 heterocycles. The van der Waals surface area contributed by atoms with E-state index in [0.29, 0.717) is 11.7 Å². The minimum atomic E-state index is 0.113. The van der Waals surface area contributed by atoms with Gasteiger partial charge >= 0.3 is 0 Å². The van der Waals surface area contributed by atoms with Gasteiger partial charge < -0.3 is 4.74 Å². The highest BCUT2D eigenvalue weighted by atomic mass is 16.5. The van der Waals surface area contributed by atoms with E-state index in [-0.39, 0.29) is 18.1 Å². The van der Waals surface area contributed by atoms with Crippen LogP contribution < -0.4 is 0 Å². The van der Waals surface area contributed by atoms with Crippen LogP contribution in [0.25, 0.3) is 0 Å². The van der Waals surface area contributed by atoms with Gasteiger partial charge in [-0.3, -0.25) is 4.79 Å². The molecule has 0 N–H and O–H groups in total. The molecule has 0 bridgehead atoms. The molecule has 0 aliphatic carbocycles. The molecule has 0 aromatic rings. The van der Waals surface area contributed by atoms with Crippen LogP contribution in [0.5, 0.6) is 0 Å². The second-order valence-electron chi connectivity index (χ2n) is 6.27. The number of ether oxygens (including phenoxy) is 1. The topological polar surface area (TPSA) is 26.3 Å². The van der Waals surface area contributed by atoms with E-state index in [0.717, 1.165) is 12.8 Å². The Kier molecular flexibility index (Phi) is 7.67. The van der Waals surface area contributed by atoms with E-state index in [2.05, 4.69) is 20.8 Å². The van der Waals surface area contributed by atoms with Crippen LogP contribution in [0.3, 0.4) is 0 Å². The Hall–Kier alpha value is -0.370. The molecule has 2 heteroatoms. The summed E-state index contributed by atoms with van der Waals surface area (Å²) in [7, 11) is 0. The van der Waals surface area contributed by atoms with Crippen LogP contribution in [0.2, 0.25) is 0 Å². The van der Waals surface area contributed by atoms with Gasteiger partial charge in [-0.05, 0) is 26.2 Å². The largest absolute Gasteiger partial charge is 0.375 e. The number of Topliss-reactive ketones (excluding diaryl/α,β-unsaturated/α-hetero) is 1. The Morgan fingerprint density at radius 3 is 2.00 bits per heavy atom. The molecule has 2 nitrogen and oxygen atoms in total. The zero-order valence-electron chi connectivity index (χ0n) is 13.3. The van der Waals surface area contributed by atoms with Gasteiger partial charge in [-0.1, -0.05) is 52.4 Å². The van der Waals surface area contributed by atoms with E-state index in [9.17, 15) is 4.79 Å². The molecule has 1 rings (SSSR count). The van der Waals surface area contributed by atoms with Crippen molar-refractivity contribution in [3.05, 3.63) is 0 Å². The quantitative estimate of drug-likeness (QED) is 0.564. The van der Waals surface area contributed by atoms with Crippen molar-refractivity contribution >= 4 is 5.78 Å². The number of hydrogen-bond donors (Lipinski definition) is 0. The average molecular weight is 268 g/mol. The van der Waals surface area contributed by atoms with Crippen LogP contribution in [0.4, 0.5) is 0 Å². The maximum Gasteiger partial charge on any atom is 0.138 e. The highest BCUT2D eigenvalue weighted by Crippen LogP contribution is 2.33. The van der Waals surface area contributed by atoms with E-state index in [1.165, 1.54) is 38.5 Å². The highest BCUT2D eigenvalue weighted by molar-refractivity contribution is 5.82. The molecule has 0 spiro atoms. The predicted molar refractivity (Wildman–Crippen MR) is 80.3 cm³/mol. The molecular formula is C17H32O2. The van der Waals surface area contributed by atoms with E-state index in [1.54, 1.807) is 0 Å². The Morgan fingerprint density at radius 2 is 1.47 bits per heavy atom. The molecule has 112 valence electrons. The van der Waals surface area contributed by atoms with Crippen molar-refractivity contribution in [3.63, 3.8) is 0 Å². The van der Waals surface area contributed by atoms with Crippen LogP contribution >= 0.6 is 0 Å². The summed E-state index contributed by atoms with van der Waals surface area (Å²) >= 11 is 0. The second kappa shape index (κ2) is 8.73. The second-order valence-corrected chi connectivity index (χ2v) is 6.27. The van der Waals surface area contributed by atoms with Crippen LogP contribution in [-0.2, 0) is 9.53 Å². The number of unbranched alkanes of at least 4 members (excludes halogenated alkanes) is 6. The third-order valence-electron chi connectivity index (χ3n) is 4.64. The standard InChI is InChI=1S/C17H32O2/c1-5-6-7-8-9-10-11-12-16(18)17-13(2)14(3)19-15(17)4/h13-15,17H,5-12H2,1-4H3. The lowest BCUT2D eigenvalue weighted by Gasteiger charge is -2.16. The predicted octanol–water partition coefficient (Wildman–Crippen LogP) is 4.76. The molecule has 0 radical (unpaired) electrons. The summed E-state index contributed by atoms with van der Waals surface area (Å²) in [5.41, 5.74) is 0. The number of carbonyl (C=O) groups is 1. The highest BCUT2D eigenvalue weighted by Gasteiger charge is 2.40. The first-order chi connectivity index (χ1) is 9.07. The lowest BCUT2D eigenvalue weighted by Crippen LogP contribution is -2.26. The van der Waals surface area contributed by atoms with Gasteiger partial charge in [-0.25, -0.2) is 0 Å². The Morgan fingerprint density at radius 1 is 0.895 bits per heavy atom. The molecule has 0 aromatic heterocycles. The summed E-state index contributed by atoms with van der Waals surface area (Å²) in [6.07, 6.45) is 10.0. The molecule has 0 amide bonds. The van der Waals surface area contributed by atoms with Gasteiger partial charge in [0.15, 0.2) is 0 Å². The van der Waals surface area contributed by atoms with Crippen molar-refractivity contribution in [1.82, 2.24) is 0 Å². The number of ketones is 1. The van der Waals surface area contributed by atoms with E-state index in [4.69, 9.17) is 4.74 Å². The molecular weight excluding hydrogens is 236 g/mol. The minimum Gasteiger partial charge on any atom is -0.375 e. The molecule has 4 atom stereocenters. The van der Waals surface area contributed by atoms with Crippen molar-refractivity contribution in [3.8, 4) is 0 Å². The summed E-state index contributed by atoms with van der Waals surface area (Å²) in [5, 5.41) is 0. The van der Waals surface area contributed by atoms with Gasteiger partial charge in [0.1, 0.15) is 5.78 Å². The van der Waals surface area contributed by atoms with Gasteiger partial charge in [-0.15, -0.1) is 0 Å². The summed E-state index contributed by atoms with van der Waals surface area (Å²) in [6.45, 7) is 8.53. The van der Waals surface area contributed by atoms with E-state index < -0.39 is 0 Å². The normalized spacial score (nSPS) is 30.7. The smallest absolute Gasteiger partial charge is 0.138 e. The van der Waals surface area contributed by atoms with Gasteiger partial charge in [0, 0.05) is 12.3 Å². The molecule has 1 aliphatic rings. The average Bonchev–Trinajstić information content (AvgIpc) is 2.62. The third kappa shape index (κ3) is 5.25. The van der Waals surface area contributed by atoms with Gasteiger partial charge in [-0.2, -0.15) is 0 Å². The number of rotatable bonds is 9. The van der Waals surface area contributed by atoms with Crippen molar-refractivity contribution in [2.24, 2.45) is 11.8 Å². The van der Waals surface area contributed by atoms with Crippen molar-refractivity contribution < 1.29 is 9.53 Å². The van der Waals surface area contributed by atoms with Crippen LogP contribution in [0.15, 0.2) is 0 Å². The van der Waals surface area contributed by atoms with Crippen LogP contribution in [0.1, 0.15) is 79.1 Å². The summed E-state index contributed by atoms with van der Waals surface area (Å²) in [6, 6.07) is 0. The lowest BCUT2D eigenvalue weighted by molar-refractivity contribution is -0.125.